The maximum Gasteiger partial charge on any atom is 0.239 e. The molecule has 3 aromatic carbocycles. The van der Waals surface area contributed by atoms with Gasteiger partial charge in [0.2, 0.25) is 15.7 Å². The first kappa shape index (κ1) is 25.8. The highest BCUT2D eigenvalue weighted by atomic mass is 32.2. The van der Waals surface area contributed by atoms with E-state index < -0.39 is 9.84 Å². The second-order valence-corrected chi connectivity index (χ2v) is 11.5. The van der Waals surface area contributed by atoms with Gasteiger partial charge in [-0.05, 0) is 68.7 Å². The first-order chi connectivity index (χ1) is 16.2. The van der Waals surface area contributed by atoms with Crippen LogP contribution in [-0.2, 0) is 20.4 Å². The number of aryl methyl sites for hydroxylation is 3. The predicted molar refractivity (Wildman–Crippen MR) is 141 cm³/mol. The highest BCUT2D eigenvalue weighted by Gasteiger charge is 2.22. The molecule has 0 aromatic heterocycles. The Hall–Kier alpha value is -2.77. The van der Waals surface area contributed by atoms with E-state index in [4.69, 9.17) is 0 Å². The van der Waals surface area contributed by atoms with E-state index >= 15 is 0 Å². The first-order valence-corrected chi connectivity index (χ1v) is 13.9. The van der Waals surface area contributed by atoms with Crippen LogP contribution in [0.15, 0.2) is 70.5 Å². The number of carbonyl (C=O) groups excluding carboxylic acids is 1. The van der Waals surface area contributed by atoms with Gasteiger partial charge in [0.1, 0.15) is 0 Å². The van der Waals surface area contributed by atoms with Crippen LogP contribution in [0.4, 0.5) is 5.69 Å². The van der Waals surface area contributed by atoms with Crippen LogP contribution < -0.4 is 10.6 Å². The lowest BCUT2D eigenvalue weighted by atomic mass is 10.1. The lowest BCUT2D eigenvalue weighted by Gasteiger charge is -2.15. The second kappa shape index (κ2) is 11.6. The van der Waals surface area contributed by atoms with E-state index in [1.807, 2.05) is 19.9 Å². The van der Waals surface area contributed by atoms with Crippen LogP contribution in [0.5, 0.6) is 0 Å². The van der Waals surface area contributed by atoms with Gasteiger partial charge in [0.05, 0.1) is 16.3 Å². The minimum atomic E-state index is -3.66. The van der Waals surface area contributed by atoms with Gasteiger partial charge in [-0.25, -0.2) is 8.42 Å². The number of benzene rings is 3. The fourth-order valence-electron chi connectivity index (χ4n) is 3.63. The minimum absolute atomic E-state index is 0.0802. The van der Waals surface area contributed by atoms with Crippen molar-refractivity contribution in [3.63, 3.8) is 0 Å². The molecule has 0 aliphatic carbocycles. The maximum absolute atomic E-state index is 13.2. The van der Waals surface area contributed by atoms with Crippen LogP contribution in [0, 0.1) is 27.7 Å². The standard InChI is InChI=1S/C27H32N2O3S2/c1-19-8-10-24(11-9-19)34(31,32)26-16-21(3)15-25(22(26)4)29-17-27(30)28-12-13-33-18-23-7-5-6-20(2)14-23/h5-11,14-16,29H,12-13,17-18H2,1-4H3,(H,28,30). The molecule has 0 radical (unpaired) electrons. The van der Waals surface area contributed by atoms with Crippen molar-refractivity contribution >= 4 is 33.2 Å². The molecule has 0 spiro atoms. The largest absolute Gasteiger partial charge is 0.376 e. The summed E-state index contributed by atoms with van der Waals surface area (Å²) in [6.07, 6.45) is 0. The Labute approximate surface area is 207 Å². The fourth-order valence-corrected chi connectivity index (χ4v) is 6.03. The average Bonchev–Trinajstić information content (AvgIpc) is 2.79. The van der Waals surface area contributed by atoms with Gasteiger partial charge < -0.3 is 10.6 Å². The third-order valence-electron chi connectivity index (χ3n) is 5.48. The monoisotopic (exact) mass is 496 g/mol. The van der Waals surface area contributed by atoms with Crippen LogP contribution in [0.3, 0.4) is 0 Å². The van der Waals surface area contributed by atoms with Crippen LogP contribution >= 0.6 is 11.8 Å². The van der Waals surface area contributed by atoms with Gasteiger partial charge in [-0.1, -0.05) is 47.5 Å². The van der Waals surface area contributed by atoms with Crippen LogP contribution in [0.2, 0.25) is 0 Å². The molecule has 0 saturated heterocycles. The van der Waals surface area contributed by atoms with Crippen LogP contribution in [-0.4, -0.2) is 33.2 Å². The zero-order valence-corrected chi connectivity index (χ0v) is 21.8. The number of hydrogen-bond donors (Lipinski definition) is 2. The van der Waals surface area contributed by atoms with Gasteiger partial charge in [0.25, 0.3) is 0 Å². The zero-order valence-electron chi connectivity index (χ0n) is 20.1. The molecule has 0 unspecified atom stereocenters. The van der Waals surface area contributed by atoms with E-state index in [1.165, 1.54) is 11.1 Å². The Morgan fingerprint density at radius 2 is 1.62 bits per heavy atom. The maximum atomic E-state index is 13.2. The number of anilines is 1. The summed E-state index contributed by atoms with van der Waals surface area (Å²) in [6, 6.07) is 18.8. The molecule has 2 N–H and O–H groups in total. The van der Waals surface area contributed by atoms with Crippen molar-refractivity contribution in [3.05, 3.63) is 88.5 Å². The van der Waals surface area contributed by atoms with E-state index in [0.29, 0.717) is 17.8 Å². The number of rotatable bonds is 10. The third kappa shape index (κ3) is 6.87. The average molecular weight is 497 g/mol. The summed E-state index contributed by atoms with van der Waals surface area (Å²) in [6.45, 7) is 8.28. The van der Waals surface area contributed by atoms with Gasteiger partial charge in [-0.3, -0.25) is 4.79 Å². The molecule has 3 rings (SSSR count). The highest BCUT2D eigenvalue weighted by molar-refractivity contribution is 7.98. The van der Waals surface area contributed by atoms with E-state index in [0.717, 1.165) is 22.6 Å². The quantitative estimate of drug-likeness (QED) is 0.377. The Morgan fingerprint density at radius 1 is 0.882 bits per heavy atom. The lowest BCUT2D eigenvalue weighted by molar-refractivity contribution is -0.119. The highest BCUT2D eigenvalue weighted by Crippen LogP contribution is 2.30. The molecule has 0 aliphatic rings. The summed E-state index contributed by atoms with van der Waals surface area (Å²) in [5.41, 5.74) is 5.60. The molecule has 0 atom stereocenters. The molecule has 7 heteroatoms. The Kier molecular flexibility index (Phi) is 8.80. The van der Waals surface area contributed by atoms with Crippen molar-refractivity contribution in [3.8, 4) is 0 Å². The third-order valence-corrected chi connectivity index (χ3v) is 8.41. The summed E-state index contributed by atoms with van der Waals surface area (Å²) in [4.78, 5) is 12.8. The molecular weight excluding hydrogens is 464 g/mol. The summed E-state index contributed by atoms with van der Waals surface area (Å²) in [5, 5.41) is 6.04. The van der Waals surface area contributed by atoms with Gasteiger partial charge in [0.15, 0.2) is 0 Å². The van der Waals surface area contributed by atoms with Crippen LogP contribution in [0.1, 0.15) is 27.8 Å². The molecule has 0 bridgehead atoms. The summed E-state index contributed by atoms with van der Waals surface area (Å²) in [5.74, 6) is 1.61. The smallest absolute Gasteiger partial charge is 0.239 e. The molecule has 0 heterocycles. The summed E-state index contributed by atoms with van der Waals surface area (Å²) >= 11 is 1.78. The van der Waals surface area contributed by atoms with Gasteiger partial charge in [-0.15, -0.1) is 0 Å². The number of carbonyl (C=O) groups is 1. The van der Waals surface area contributed by atoms with Gasteiger partial charge >= 0.3 is 0 Å². The van der Waals surface area contributed by atoms with Crippen molar-refractivity contribution in [2.45, 2.75) is 43.2 Å². The fraction of sp³-hybridized carbons (Fsp3) is 0.296. The molecule has 34 heavy (non-hydrogen) atoms. The lowest BCUT2D eigenvalue weighted by Crippen LogP contribution is -2.31. The van der Waals surface area contributed by atoms with Gasteiger partial charge in [-0.2, -0.15) is 11.8 Å². The normalized spacial score (nSPS) is 11.3. The molecule has 180 valence electrons. The topological polar surface area (TPSA) is 75.3 Å². The van der Waals surface area contributed by atoms with Gasteiger partial charge in [0, 0.05) is 23.7 Å². The molecule has 0 saturated carbocycles. The number of sulfone groups is 1. The predicted octanol–water partition coefficient (Wildman–Crippen LogP) is 5.21. The van der Waals surface area contributed by atoms with Crippen LogP contribution in [0.25, 0.3) is 0 Å². The van der Waals surface area contributed by atoms with E-state index in [2.05, 4.69) is 41.8 Å². The van der Waals surface area contributed by atoms with E-state index in [9.17, 15) is 13.2 Å². The number of nitrogens with one attached hydrogen (secondary N) is 2. The van der Waals surface area contributed by atoms with Crippen molar-refractivity contribution in [2.75, 3.05) is 24.2 Å². The zero-order chi connectivity index (χ0) is 24.7. The van der Waals surface area contributed by atoms with Crippen molar-refractivity contribution in [1.82, 2.24) is 5.32 Å². The van der Waals surface area contributed by atoms with Crippen molar-refractivity contribution < 1.29 is 13.2 Å². The molecule has 0 aliphatic heterocycles. The second-order valence-electron chi connectivity index (χ2n) is 8.50. The SMILES string of the molecule is Cc1ccc(S(=O)(=O)c2cc(C)cc(NCC(=O)NCCSCc3cccc(C)c3)c2C)cc1. The van der Waals surface area contributed by atoms with Crippen molar-refractivity contribution in [1.29, 1.82) is 0 Å². The molecule has 3 aromatic rings. The molecule has 5 nitrogen and oxygen atoms in total. The van der Waals surface area contributed by atoms with E-state index in [1.54, 1.807) is 49.0 Å². The Morgan fingerprint density at radius 3 is 2.32 bits per heavy atom. The summed E-state index contributed by atoms with van der Waals surface area (Å²) in [7, 11) is -3.66. The minimum Gasteiger partial charge on any atom is -0.376 e. The van der Waals surface area contributed by atoms with E-state index in [-0.39, 0.29) is 22.2 Å². The Bertz CT molecular complexity index is 1250. The molecular formula is C27H32N2O3S2. The number of hydrogen-bond acceptors (Lipinski definition) is 5. The molecule has 0 fully saturated rings. The number of thioether (sulfide) groups is 1. The first-order valence-electron chi connectivity index (χ1n) is 11.2. The Balaban J connectivity index is 1.56. The molecule has 1 amide bonds. The summed E-state index contributed by atoms with van der Waals surface area (Å²) < 4.78 is 26.4. The van der Waals surface area contributed by atoms with Crippen molar-refractivity contribution in [2.24, 2.45) is 0 Å². The number of amides is 1.